The van der Waals surface area contributed by atoms with E-state index in [0.717, 1.165) is 6.42 Å². The molecule has 2 N–H and O–H groups in total. The zero-order valence-corrected chi connectivity index (χ0v) is 13.9. The highest BCUT2D eigenvalue weighted by molar-refractivity contribution is 5.90. The average Bonchev–Trinajstić information content (AvgIpc) is 2.41. The highest BCUT2D eigenvalue weighted by atomic mass is 16.5. The van der Waals surface area contributed by atoms with Gasteiger partial charge in [0.15, 0.2) is 0 Å². The van der Waals surface area contributed by atoms with Crippen molar-refractivity contribution in [2.75, 3.05) is 7.11 Å². The third-order valence-electron chi connectivity index (χ3n) is 3.36. The van der Waals surface area contributed by atoms with Gasteiger partial charge in [-0.1, -0.05) is 34.1 Å². The Labute approximate surface area is 127 Å². The van der Waals surface area contributed by atoms with Crippen molar-refractivity contribution in [3.8, 4) is 0 Å². The molecule has 0 spiro atoms. The summed E-state index contributed by atoms with van der Waals surface area (Å²) in [4.78, 5) is 35.4. The van der Waals surface area contributed by atoms with Gasteiger partial charge in [0.25, 0.3) is 0 Å². The standard InChI is InChI=1S/C15H28N2O4/c1-7-10(4)13(16-11(5)18)14(19)17-12(8-9(2)3)15(20)21-6/h9-10,12-13H,7-8H2,1-6H3,(H,16,18)(H,17,19)/t10-,12-,13?/m0/s1. The molecule has 0 saturated carbocycles. The summed E-state index contributed by atoms with van der Waals surface area (Å²) >= 11 is 0. The fraction of sp³-hybridized carbons (Fsp3) is 0.800. The Kier molecular flexibility index (Phi) is 8.66. The molecule has 0 radical (unpaired) electrons. The molecule has 6 heteroatoms. The van der Waals surface area contributed by atoms with Gasteiger partial charge in [0.2, 0.25) is 11.8 Å². The first-order valence-corrected chi connectivity index (χ1v) is 7.38. The van der Waals surface area contributed by atoms with Crippen LogP contribution in [0.2, 0.25) is 0 Å². The predicted molar refractivity (Wildman–Crippen MR) is 80.5 cm³/mol. The molecule has 1 unspecified atom stereocenters. The molecule has 0 saturated heterocycles. The Bertz CT molecular complexity index is 369. The van der Waals surface area contributed by atoms with Crippen molar-refractivity contribution in [2.45, 2.75) is 59.5 Å². The summed E-state index contributed by atoms with van der Waals surface area (Å²) in [5.74, 6) is -0.879. The van der Waals surface area contributed by atoms with Crippen molar-refractivity contribution in [1.82, 2.24) is 10.6 Å². The topological polar surface area (TPSA) is 84.5 Å². The number of hydrogen-bond acceptors (Lipinski definition) is 4. The summed E-state index contributed by atoms with van der Waals surface area (Å²) in [6.07, 6.45) is 1.23. The lowest BCUT2D eigenvalue weighted by Gasteiger charge is -2.26. The quantitative estimate of drug-likeness (QED) is 0.661. The van der Waals surface area contributed by atoms with E-state index in [0.29, 0.717) is 6.42 Å². The van der Waals surface area contributed by atoms with Crippen LogP contribution >= 0.6 is 0 Å². The summed E-state index contributed by atoms with van der Waals surface area (Å²) < 4.78 is 4.72. The maximum absolute atomic E-state index is 12.4. The lowest BCUT2D eigenvalue weighted by atomic mass is 9.97. The molecule has 0 aliphatic heterocycles. The monoisotopic (exact) mass is 300 g/mol. The van der Waals surface area contributed by atoms with Gasteiger partial charge < -0.3 is 15.4 Å². The minimum absolute atomic E-state index is 0.0220. The Hall–Kier alpha value is -1.59. The van der Waals surface area contributed by atoms with E-state index in [-0.39, 0.29) is 23.7 Å². The van der Waals surface area contributed by atoms with Crippen molar-refractivity contribution in [3.05, 3.63) is 0 Å². The van der Waals surface area contributed by atoms with E-state index in [1.165, 1.54) is 14.0 Å². The molecule has 21 heavy (non-hydrogen) atoms. The first kappa shape index (κ1) is 19.4. The van der Waals surface area contributed by atoms with Gasteiger partial charge in [0, 0.05) is 6.92 Å². The van der Waals surface area contributed by atoms with E-state index in [1.54, 1.807) is 0 Å². The number of esters is 1. The molecular weight excluding hydrogens is 272 g/mol. The number of hydrogen-bond donors (Lipinski definition) is 2. The van der Waals surface area contributed by atoms with Gasteiger partial charge in [-0.05, 0) is 18.3 Å². The number of ether oxygens (including phenoxy) is 1. The molecule has 0 rings (SSSR count). The zero-order valence-electron chi connectivity index (χ0n) is 13.9. The second kappa shape index (κ2) is 9.37. The first-order valence-electron chi connectivity index (χ1n) is 7.38. The molecule has 122 valence electrons. The number of amides is 2. The van der Waals surface area contributed by atoms with Crippen LogP contribution in [0.1, 0.15) is 47.5 Å². The van der Waals surface area contributed by atoms with Crippen molar-refractivity contribution in [2.24, 2.45) is 11.8 Å². The number of nitrogens with one attached hydrogen (secondary N) is 2. The molecule has 6 nitrogen and oxygen atoms in total. The molecule has 0 aromatic carbocycles. The zero-order chi connectivity index (χ0) is 16.6. The van der Waals surface area contributed by atoms with Crippen LogP contribution < -0.4 is 10.6 Å². The maximum Gasteiger partial charge on any atom is 0.328 e. The number of carbonyl (C=O) groups excluding carboxylic acids is 3. The van der Waals surface area contributed by atoms with Gasteiger partial charge in [0.05, 0.1) is 7.11 Å². The van der Waals surface area contributed by atoms with Gasteiger partial charge in [-0.15, -0.1) is 0 Å². The van der Waals surface area contributed by atoms with Crippen LogP contribution in [0.3, 0.4) is 0 Å². The highest BCUT2D eigenvalue weighted by Crippen LogP contribution is 2.11. The Morgan fingerprint density at radius 3 is 2.05 bits per heavy atom. The largest absolute Gasteiger partial charge is 0.467 e. The molecular formula is C15H28N2O4. The number of methoxy groups -OCH3 is 1. The number of rotatable bonds is 8. The Balaban J connectivity index is 4.96. The van der Waals surface area contributed by atoms with Gasteiger partial charge in [-0.25, -0.2) is 4.79 Å². The van der Waals surface area contributed by atoms with Crippen LogP contribution in [0.15, 0.2) is 0 Å². The molecule has 0 aromatic heterocycles. The molecule has 0 aromatic rings. The average molecular weight is 300 g/mol. The van der Waals surface area contributed by atoms with Crippen molar-refractivity contribution in [3.63, 3.8) is 0 Å². The Morgan fingerprint density at radius 2 is 1.67 bits per heavy atom. The van der Waals surface area contributed by atoms with Gasteiger partial charge in [0.1, 0.15) is 12.1 Å². The highest BCUT2D eigenvalue weighted by Gasteiger charge is 2.29. The summed E-state index contributed by atoms with van der Waals surface area (Å²) in [7, 11) is 1.29. The van der Waals surface area contributed by atoms with Gasteiger partial charge in [-0.3, -0.25) is 9.59 Å². The molecule has 2 amide bonds. The summed E-state index contributed by atoms with van der Waals surface area (Å²) in [6.45, 7) is 9.12. The summed E-state index contributed by atoms with van der Waals surface area (Å²) in [5, 5.41) is 5.33. The third-order valence-corrected chi connectivity index (χ3v) is 3.36. The normalized spacial score (nSPS) is 15.0. The fourth-order valence-corrected chi connectivity index (χ4v) is 2.01. The molecule has 0 heterocycles. The molecule has 0 fully saturated rings. The predicted octanol–water partition coefficient (Wildman–Crippen LogP) is 1.24. The van der Waals surface area contributed by atoms with Crippen molar-refractivity contribution >= 4 is 17.8 Å². The van der Waals surface area contributed by atoms with Gasteiger partial charge >= 0.3 is 5.97 Å². The van der Waals surface area contributed by atoms with Gasteiger partial charge in [-0.2, -0.15) is 0 Å². The van der Waals surface area contributed by atoms with E-state index in [9.17, 15) is 14.4 Å². The van der Waals surface area contributed by atoms with Crippen LogP contribution in [0.5, 0.6) is 0 Å². The van der Waals surface area contributed by atoms with Crippen LogP contribution in [0.4, 0.5) is 0 Å². The number of carbonyl (C=O) groups is 3. The van der Waals surface area contributed by atoms with E-state index >= 15 is 0 Å². The smallest absolute Gasteiger partial charge is 0.328 e. The van der Waals surface area contributed by atoms with Crippen LogP contribution in [-0.4, -0.2) is 37.0 Å². The molecule has 0 aliphatic carbocycles. The van der Waals surface area contributed by atoms with E-state index in [2.05, 4.69) is 10.6 Å². The molecule has 0 aliphatic rings. The van der Waals surface area contributed by atoms with E-state index in [4.69, 9.17) is 4.74 Å². The van der Waals surface area contributed by atoms with Crippen molar-refractivity contribution in [1.29, 1.82) is 0 Å². The Morgan fingerprint density at radius 1 is 1.10 bits per heavy atom. The van der Waals surface area contributed by atoms with E-state index < -0.39 is 18.1 Å². The lowest BCUT2D eigenvalue weighted by molar-refractivity contribution is -0.146. The van der Waals surface area contributed by atoms with Crippen molar-refractivity contribution < 1.29 is 19.1 Å². The first-order chi connectivity index (χ1) is 9.72. The minimum Gasteiger partial charge on any atom is -0.467 e. The second-order valence-corrected chi connectivity index (χ2v) is 5.78. The van der Waals surface area contributed by atoms with Crippen LogP contribution in [-0.2, 0) is 19.1 Å². The lowest BCUT2D eigenvalue weighted by Crippen LogP contribution is -2.54. The van der Waals surface area contributed by atoms with E-state index in [1.807, 2.05) is 27.7 Å². The van der Waals surface area contributed by atoms with Crippen LogP contribution in [0.25, 0.3) is 0 Å². The molecule has 0 bridgehead atoms. The van der Waals surface area contributed by atoms with Crippen LogP contribution in [0, 0.1) is 11.8 Å². The summed E-state index contributed by atoms with van der Waals surface area (Å²) in [6, 6.07) is -1.34. The second-order valence-electron chi connectivity index (χ2n) is 5.78. The minimum atomic E-state index is -0.692. The maximum atomic E-state index is 12.4. The summed E-state index contributed by atoms with van der Waals surface area (Å²) in [5.41, 5.74) is 0. The molecule has 3 atom stereocenters. The SMILES string of the molecule is CC[C@H](C)C(NC(C)=O)C(=O)N[C@@H](CC(C)C)C(=O)OC. The fourth-order valence-electron chi connectivity index (χ4n) is 2.01. The third kappa shape index (κ3) is 7.11.